The Kier molecular flexibility index (Phi) is 9.28. The Balaban J connectivity index is 1.82. The van der Waals surface area contributed by atoms with Crippen LogP contribution in [0.15, 0.2) is 47.6 Å². The minimum Gasteiger partial charge on any atom is -0.467 e. The van der Waals surface area contributed by atoms with Gasteiger partial charge in [-0.1, -0.05) is 30.4 Å². The number of hydrogen-bond acceptors (Lipinski definition) is 5. The number of nitrogens with one attached hydrogen (secondary N) is 2. The van der Waals surface area contributed by atoms with Gasteiger partial charge in [0.2, 0.25) is 11.8 Å². The second kappa shape index (κ2) is 12.6. The predicted octanol–water partition coefficient (Wildman–Crippen LogP) is 1.12. The zero-order valence-corrected chi connectivity index (χ0v) is 20.0. The van der Waals surface area contributed by atoms with Gasteiger partial charge >= 0.3 is 5.97 Å². The molecule has 2 aromatic rings. The first-order valence-electron chi connectivity index (χ1n) is 11.8. The van der Waals surface area contributed by atoms with Crippen molar-refractivity contribution in [1.29, 1.82) is 0 Å². The fraction of sp³-hybridized carbons (Fsp3) is 0.440. The lowest BCUT2D eigenvalue weighted by molar-refractivity contribution is -0.145. The lowest BCUT2D eigenvalue weighted by atomic mass is 10.1. The van der Waals surface area contributed by atoms with E-state index in [1.165, 1.54) is 7.11 Å². The second-order valence-electron chi connectivity index (χ2n) is 8.54. The molecule has 1 aliphatic rings. The number of aliphatic imine (C=N–C) groups is 1. The third-order valence-electron chi connectivity index (χ3n) is 5.98. The molecule has 2 bridgehead atoms. The van der Waals surface area contributed by atoms with Crippen LogP contribution >= 0.6 is 0 Å². The van der Waals surface area contributed by atoms with Gasteiger partial charge in [-0.2, -0.15) is 0 Å². The highest BCUT2D eigenvalue weighted by molar-refractivity contribution is 5.91. The van der Waals surface area contributed by atoms with Crippen LogP contribution in [0.25, 0.3) is 10.9 Å². The fourth-order valence-corrected chi connectivity index (χ4v) is 4.17. The first kappa shape index (κ1) is 25.8. The highest BCUT2D eigenvalue weighted by atomic mass is 16.5. The number of aryl methyl sites for hydroxylation is 1. The van der Waals surface area contributed by atoms with Crippen LogP contribution in [0.4, 0.5) is 0 Å². The molecule has 1 aromatic heterocycles. The van der Waals surface area contributed by atoms with Gasteiger partial charge in [-0.15, -0.1) is 0 Å². The third-order valence-corrected chi connectivity index (χ3v) is 5.98. The van der Waals surface area contributed by atoms with E-state index in [0.29, 0.717) is 38.8 Å². The van der Waals surface area contributed by atoms with Crippen LogP contribution in [-0.4, -0.2) is 54.0 Å². The standard InChI is InChI=1S/C25H34N6O4/c1-35-24(34)20-10-5-7-15-31-16-17(18-8-2-3-11-21(18)31)12-13-22(32)29-19(23(33)30-20)9-4-6-14-28-25(26)27/h2-3,5,7-8,11,16,19-20H,4,6,9-10,12-15H2,1H3,(H,29,32)(H,30,33)(H4,26,27,28)/b7-5+/t19-,20+/m1/s1. The molecule has 6 N–H and O–H groups in total. The van der Waals surface area contributed by atoms with Crippen molar-refractivity contribution in [3.8, 4) is 0 Å². The van der Waals surface area contributed by atoms with Crippen LogP contribution in [-0.2, 0) is 32.1 Å². The number of fused-ring (bicyclic) bond motifs is 5. The normalized spacial score (nSPS) is 20.1. The summed E-state index contributed by atoms with van der Waals surface area (Å²) in [4.78, 5) is 42.1. The maximum Gasteiger partial charge on any atom is 0.328 e. The van der Waals surface area contributed by atoms with E-state index in [2.05, 4.69) is 26.4 Å². The van der Waals surface area contributed by atoms with Gasteiger partial charge in [0.15, 0.2) is 5.96 Å². The number of guanidine groups is 1. The van der Waals surface area contributed by atoms with E-state index < -0.39 is 24.0 Å². The minimum atomic E-state index is -0.855. The van der Waals surface area contributed by atoms with Gasteiger partial charge in [0, 0.05) is 36.6 Å². The number of para-hydroxylation sites is 1. The number of ether oxygens (including phenoxy) is 1. The first-order chi connectivity index (χ1) is 16.9. The molecule has 10 heteroatoms. The molecule has 35 heavy (non-hydrogen) atoms. The first-order valence-corrected chi connectivity index (χ1v) is 11.8. The molecule has 2 amide bonds. The molecule has 1 aromatic carbocycles. The Morgan fingerprint density at radius 3 is 2.71 bits per heavy atom. The molecule has 0 fully saturated rings. The molecular formula is C25H34N6O4. The number of allylic oxidation sites excluding steroid dienone is 1. The number of carbonyl (C=O) groups excluding carboxylic acids is 3. The summed E-state index contributed by atoms with van der Waals surface area (Å²) in [5.41, 5.74) is 12.9. The van der Waals surface area contributed by atoms with Gasteiger partial charge in [0.1, 0.15) is 12.1 Å². The highest BCUT2D eigenvalue weighted by Crippen LogP contribution is 2.23. The number of hydrogen-bond donors (Lipinski definition) is 4. The maximum atomic E-state index is 13.0. The molecule has 0 spiro atoms. The summed E-state index contributed by atoms with van der Waals surface area (Å²) < 4.78 is 7.00. The molecule has 1 aliphatic heterocycles. The van der Waals surface area contributed by atoms with Crippen LogP contribution in [0.2, 0.25) is 0 Å². The van der Waals surface area contributed by atoms with Gasteiger partial charge in [-0.05, 0) is 43.7 Å². The van der Waals surface area contributed by atoms with E-state index in [0.717, 1.165) is 16.5 Å². The number of nitrogens with zero attached hydrogens (tertiary/aromatic N) is 2. The monoisotopic (exact) mass is 482 g/mol. The minimum absolute atomic E-state index is 0.0142. The van der Waals surface area contributed by atoms with Gasteiger partial charge in [0.05, 0.1) is 7.11 Å². The molecule has 188 valence electrons. The molecule has 3 rings (SSSR count). The average molecular weight is 483 g/mol. The summed E-state index contributed by atoms with van der Waals surface area (Å²) in [7, 11) is 1.28. The van der Waals surface area contributed by atoms with E-state index >= 15 is 0 Å². The quantitative estimate of drug-likeness (QED) is 0.159. The lowest BCUT2D eigenvalue weighted by Gasteiger charge is -2.22. The highest BCUT2D eigenvalue weighted by Gasteiger charge is 2.26. The van der Waals surface area contributed by atoms with Crippen LogP contribution in [0.3, 0.4) is 0 Å². The Morgan fingerprint density at radius 1 is 1.14 bits per heavy atom. The average Bonchev–Trinajstić information content (AvgIpc) is 3.19. The molecule has 10 nitrogen and oxygen atoms in total. The van der Waals surface area contributed by atoms with Gasteiger partial charge in [0.25, 0.3) is 0 Å². The molecule has 0 saturated heterocycles. The Morgan fingerprint density at radius 2 is 1.94 bits per heavy atom. The predicted molar refractivity (Wildman–Crippen MR) is 134 cm³/mol. The van der Waals surface area contributed by atoms with Crippen molar-refractivity contribution in [1.82, 2.24) is 15.2 Å². The van der Waals surface area contributed by atoms with Crippen LogP contribution in [0.1, 0.15) is 37.7 Å². The topological polar surface area (TPSA) is 154 Å². The second-order valence-corrected chi connectivity index (χ2v) is 8.54. The van der Waals surface area contributed by atoms with Crippen molar-refractivity contribution in [2.75, 3.05) is 13.7 Å². The number of nitrogens with two attached hydrogens (primary N) is 2. The summed E-state index contributed by atoms with van der Waals surface area (Å²) in [5, 5.41) is 6.69. The molecule has 0 unspecified atom stereocenters. The maximum absolute atomic E-state index is 13.0. The Labute approximate surface area is 204 Å². The van der Waals surface area contributed by atoms with Gasteiger partial charge in [-0.25, -0.2) is 4.79 Å². The zero-order valence-electron chi connectivity index (χ0n) is 20.0. The van der Waals surface area contributed by atoms with Crippen molar-refractivity contribution in [2.45, 2.75) is 57.2 Å². The van der Waals surface area contributed by atoms with Gasteiger partial charge < -0.3 is 31.4 Å². The number of aromatic nitrogens is 1. The molecule has 2 heterocycles. The summed E-state index contributed by atoms with van der Waals surface area (Å²) in [5.74, 6) is -1.18. The van der Waals surface area contributed by atoms with E-state index in [4.69, 9.17) is 16.2 Å². The largest absolute Gasteiger partial charge is 0.467 e. The number of carbonyl (C=O) groups is 3. The summed E-state index contributed by atoms with van der Waals surface area (Å²) in [6.45, 7) is 1.04. The Bertz CT molecular complexity index is 1100. The zero-order chi connectivity index (χ0) is 25.2. The number of esters is 1. The number of unbranched alkanes of at least 4 members (excludes halogenated alkanes) is 1. The smallest absolute Gasteiger partial charge is 0.328 e. The summed E-state index contributed by atoms with van der Waals surface area (Å²) >= 11 is 0. The van der Waals surface area contributed by atoms with Crippen LogP contribution < -0.4 is 22.1 Å². The van der Waals surface area contributed by atoms with Gasteiger partial charge in [-0.3, -0.25) is 14.6 Å². The van der Waals surface area contributed by atoms with Crippen molar-refractivity contribution < 1.29 is 19.1 Å². The number of amides is 2. The lowest BCUT2D eigenvalue weighted by Crippen LogP contribution is -2.51. The molecular weight excluding hydrogens is 448 g/mol. The number of methoxy groups -OCH3 is 1. The molecule has 0 radical (unpaired) electrons. The summed E-state index contributed by atoms with van der Waals surface area (Å²) in [6.07, 6.45) is 8.60. The molecule has 2 atom stereocenters. The van der Waals surface area contributed by atoms with E-state index in [1.54, 1.807) is 0 Å². The van der Waals surface area contributed by atoms with Crippen molar-refractivity contribution >= 4 is 34.6 Å². The van der Waals surface area contributed by atoms with Crippen LogP contribution in [0, 0.1) is 0 Å². The van der Waals surface area contributed by atoms with E-state index in [9.17, 15) is 14.4 Å². The molecule has 0 aliphatic carbocycles. The molecule has 0 saturated carbocycles. The van der Waals surface area contributed by atoms with Crippen molar-refractivity contribution in [2.24, 2.45) is 16.5 Å². The van der Waals surface area contributed by atoms with E-state index in [-0.39, 0.29) is 24.7 Å². The number of rotatable bonds is 6. The van der Waals surface area contributed by atoms with Crippen molar-refractivity contribution in [3.63, 3.8) is 0 Å². The SMILES string of the molecule is COC(=O)[C@@H]1C/C=C/Cn2cc(c3ccccc32)CCC(=O)N[C@H](CCCCN=C(N)N)C(=O)N1. The van der Waals surface area contributed by atoms with E-state index in [1.807, 2.05) is 36.4 Å². The fourth-order valence-electron chi connectivity index (χ4n) is 4.17. The third kappa shape index (κ3) is 7.33. The van der Waals surface area contributed by atoms with Crippen LogP contribution in [0.5, 0.6) is 0 Å². The number of benzene rings is 1. The Hall–Kier alpha value is -3.82. The van der Waals surface area contributed by atoms with Crippen molar-refractivity contribution in [3.05, 3.63) is 48.2 Å². The summed E-state index contributed by atoms with van der Waals surface area (Å²) in [6, 6.07) is 6.42.